The SMILES string of the molecule is Cc1nc(-c2ccccc2)sc1-c1ccc(=O)n(CCNC(=O)c2ccc(F)c(F)c2)n1. The third kappa shape index (κ3) is 4.62. The van der Waals surface area contributed by atoms with Crippen molar-refractivity contribution in [2.75, 3.05) is 6.54 Å². The lowest BCUT2D eigenvalue weighted by atomic mass is 10.2. The van der Waals surface area contributed by atoms with Gasteiger partial charge in [-0.2, -0.15) is 5.10 Å². The summed E-state index contributed by atoms with van der Waals surface area (Å²) in [5, 5.41) is 7.86. The molecule has 1 amide bonds. The standard InChI is InChI=1S/C23H18F2N4O2S/c1-14-21(32-23(27-14)15-5-3-2-4-6-15)19-9-10-20(30)29(28-19)12-11-26-22(31)16-7-8-17(24)18(25)13-16/h2-10,13H,11-12H2,1H3,(H,26,31). The number of aryl methyl sites for hydroxylation is 1. The highest BCUT2D eigenvalue weighted by Gasteiger charge is 2.14. The molecule has 0 unspecified atom stereocenters. The van der Waals surface area contributed by atoms with Crippen LogP contribution in [0.5, 0.6) is 0 Å². The number of amides is 1. The van der Waals surface area contributed by atoms with Gasteiger partial charge in [-0.3, -0.25) is 9.59 Å². The van der Waals surface area contributed by atoms with Crippen LogP contribution in [-0.4, -0.2) is 27.2 Å². The molecule has 0 fully saturated rings. The van der Waals surface area contributed by atoms with Crippen molar-refractivity contribution in [1.29, 1.82) is 0 Å². The minimum Gasteiger partial charge on any atom is -0.350 e. The predicted octanol–water partition coefficient (Wildman–Crippen LogP) is 4.05. The van der Waals surface area contributed by atoms with Gasteiger partial charge < -0.3 is 5.32 Å². The van der Waals surface area contributed by atoms with Crippen LogP contribution >= 0.6 is 11.3 Å². The van der Waals surface area contributed by atoms with Gasteiger partial charge in [0, 0.05) is 23.7 Å². The molecule has 0 saturated heterocycles. The van der Waals surface area contributed by atoms with E-state index in [0.717, 1.165) is 33.3 Å². The number of aromatic nitrogens is 3. The Kier molecular flexibility index (Phi) is 6.18. The van der Waals surface area contributed by atoms with Crippen LogP contribution in [-0.2, 0) is 6.54 Å². The number of thiazole rings is 1. The van der Waals surface area contributed by atoms with Crippen LogP contribution in [0.1, 0.15) is 16.1 Å². The van der Waals surface area contributed by atoms with Gasteiger partial charge in [0.1, 0.15) is 10.7 Å². The molecule has 0 aliphatic heterocycles. The maximum atomic E-state index is 13.3. The van der Waals surface area contributed by atoms with E-state index >= 15 is 0 Å². The molecule has 0 spiro atoms. The van der Waals surface area contributed by atoms with E-state index in [4.69, 9.17) is 0 Å². The second kappa shape index (κ2) is 9.19. The van der Waals surface area contributed by atoms with Crippen LogP contribution in [0.3, 0.4) is 0 Å². The molecule has 0 bridgehead atoms. The molecule has 0 aliphatic rings. The fourth-order valence-corrected chi connectivity index (χ4v) is 4.12. The van der Waals surface area contributed by atoms with E-state index in [1.807, 2.05) is 37.3 Å². The molecule has 9 heteroatoms. The largest absolute Gasteiger partial charge is 0.350 e. The Morgan fingerprint density at radius 2 is 1.84 bits per heavy atom. The Morgan fingerprint density at radius 3 is 2.59 bits per heavy atom. The molecular formula is C23H18F2N4O2S. The number of hydrogen-bond donors (Lipinski definition) is 1. The Morgan fingerprint density at radius 1 is 1.06 bits per heavy atom. The first kappa shape index (κ1) is 21.5. The van der Waals surface area contributed by atoms with Crippen LogP contribution in [0, 0.1) is 18.6 Å². The zero-order valence-electron chi connectivity index (χ0n) is 17.0. The van der Waals surface area contributed by atoms with E-state index in [1.165, 1.54) is 28.2 Å². The number of nitrogens with zero attached hydrogens (tertiary/aromatic N) is 3. The van der Waals surface area contributed by atoms with E-state index < -0.39 is 17.5 Å². The van der Waals surface area contributed by atoms with E-state index in [-0.39, 0.29) is 24.2 Å². The number of benzene rings is 2. The fourth-order valence-electron chi connectivity index (χ4n) is 3.08. The van der Waals surface area contributed by atoms with E-state index in [2.05, 4.69) is 15.4 Å². The van der Waals surface area contributed by atoms with Crippen LogP contribution in [0.2, 0.25) is 0 Å². The second-order valence-electron chi connectivity index (χ2n) is 6.96. The maximum Gasteiger partial charge on any atom is 0.266 e. The highest BCUT2D eigenvalue weighted by molar-refractivity contribution is 7.18. The molecule has 4 rings (SSSR count). The zero-order valence-corrected chi connectivity index (χ0v) is 17.8. The summed E-state index contributed by atoms with van der Waals surface area (Å²) in [6, 6.07) is 15.8. The van der Waals surface area contributed by atoms with Crippen LogP contribution in [0.4, 0.5) is 8.78 Å². The van der Waals surface area contributed by atoms with Gasteiger partial charge >= 0.3 is 0 Å². The van der Waals surface area contributed by atoms with Gasteiger partial charge in [-0.15, -0.1) is 11.3 Å². The van der Waals surface area contributed by atoms with Crippen molar-refractivity contribution in [3.63, 3.8) is 0 Å². The number of carbonyl (C=O) groups is 1. The fraction of sp³-hybridized carbons (Fsp3) is 0.130. The molecule has 6 nitrogen and oxygen atoms in total. The minimum absolute atomic E-state index is 0.00770. The summed E-state index contributed by atoms with van der Waals surface area (Å²) in [5.74, 6) is -2.69. The van der Waals surface area contributed by atoms with Crippen molar-refractivity contribution >= 4 is 17.2 Å². The monoisotopic (exact) mass is 452 g/mol. The van der Waals surface area contributed by atoms with E-state index in [0.29, 0.717) is 5.69 Å². The summed E-state index contributed by atoms with van der Waals surface area (Å²) in [5.41, 5.74) is 2.08. The number of hydrogen-bond acceptors (Lipinski definition) is 5. The molecular weight excluding hydrogens is 434 g/mol. The minimum atomic E-state index is -1.10. The summed E-state index contributed by atoms with van der Waals surface area (Å²) in [6.45, 7) is 2.09. The Labute approximate surface area is 186 Å². The zero-order chi connectivity index (χ0) is 22.7. The smallest absolute Gasteiger partial charge is 0.266 e. The molecule has 0 atom stereocenters. The van der Waals surface area contributed by atoms with Crippen molar-refractivity contribution in [3.8, 4) is 21.1 Å². The molecule has 4 aromatic rings. The van der Waals surface area contributed by atoms with Gasteiger partial charge in [0.2, 0.25) is 0 Å². The Bertz CT molecular complexity index is 1340. The summed E-state index contributed by atoms with van der Waals surface area (Å²) >= 11 is 1.48. The van der Waals surface area contributed by atoms with Crippen molar-refractivity contribution in [3.05, 3.63) is 93.9 Å². The van der Waals surface area contributed by atoms with Gasteiger partial charge in [0.15, 0.2) is 11.6 Å². The van der Waals surface area contributed by atoms with Gasteiger partial charge in [-0.05, 0) is 31.2 Å². The number of carbonyl (C=O) groups excluding carboxylic acids is 1. The van der Waals surface area contributed by atoms with Gasteiger partial charge in [0.25, 0.3) is 11.5 Å². The van der Waals surface area contributed by atoms with Crippen LogP contribution in [0.15, 0.2) is 65.5 Å². The van der Waals surface area contributed by atoms with E-state index in [9.17, 15) is 18.4 Å². The number of nitrogens with one attached hydrogen (secondary N) is 1. The number of halogens is 2. The van der Waals surface area contributed by atoms with Crippen molar-refractivity contribution in [1.82, 2.24) is 20.1 Å². The molecule has 2 aromatic heterocycles. The van der Waals surface area contributed by atoms with Gasteiger partial charge in [0.05, 0.1) is 17.1 Å². The topological polar surface area (TPSA) is 76.9 Å². The summed E-state index contributed by atoms with van der Waals surface area (Å²) in [4.78, 5) is 29.8. The summed E-state index contributed by atoms with van der Waals surface area (Å²) in [6.07, 6.45) is 0. The Hall–Kier alpha value is -3.72. The first-order chi connectivity index (χ1) is 15.4. The van der Waals surface area contributed by atoms with Gasteiger partial charge in [-0.25, -0.2) is 18.4 Å². The van der Waals surface area contributed by atoms with Crippen molar-refractivity contribution < 1.29 is 13.6 Å². The molecule has 0 aliphatic carbocycles. The first-order valence-corrected chi connectivity index (χ1v) is 10.6. The molecule has 162 valence electrons. The van der Waals surface area contributed by atoms with Gasteiger partial charge in [-0.1, -0.05) is 30.3 Å². The molecule has 2 aromatic carbocycles. The van der Waals surface area contributed by atoms with Crippen molar-refractivity contribution in [2.45, 2.75) is 13.5 Å². The molecule has 2 heterocycles. The summed E-state index contributed by atoms with van der Waals surface area (Å²) < 4.78 is 27.6. The highest BCUT2D eigenvalue weighted by Crippen LogP contribution is 2.33. The average molecular weight is 452 g/mol. The van der Waals surface area contributed by atoms with Crippen molar-refractivity contribution in [2.24, 2.45) is 0 Å². The van der Waals surface area contributed by atoms with Crippen LogP contribution < -0.4 is 10.9 Å². The lowest BCUT2D eigenvalue weighted by Gasteiger charge is -2.08. The molecule has 0 saturated carbocycles. The quantitative estimate of drug-likeness (QED) is 0.479. The number of rotatable bonds is 6. The third-order valence-corrected chi connectivity index (χ3v) is 5.94. The highest BCUT2D eigenvalue weighted by atomic mass is 32.1. The molecule has 32 heavy (non-hydrogen) atoms. The third-order valence-electron chi connectivity index (χ3n) is 4.71. The van der Waals surface area contributed by atoms with Crippen LogP contribution in [0.25, 0.3) is 21.1 Å². The van der Waals surface area contributed by atoms with E-state index in [1.54, 1.807) is 6.07 Å². The summed E-state index contributed by atoms with van der Waals surface area (Å²) in [7, 11) is 0. The molecule has 1 N–H and O–H groups in total. The first-order valence-electron chi connectivity index (χ1n) is 9.77. The predicted molar refractivity (Wildman–Crippen MR) is 118 cm³/mol. The Balaban J connectivity index is 1.49. The molecule has 0 radical (unpaired) electrons. The lowest BCUT2D eigenvalue weighted by molar-refractivity contribution is 0.0951. The second-order valence-corrected chi connectivity index (χ2v) is 7.96. The normalized spacial score (nSPS) is 10.8. The average Bonchev–Trinajstić information content (AvgIpc) is 3.19. The lowest BCUT2D eigenvalue weighted by Crippen LogP contribution is -2.32. The maximum absolute atomic E-state index is 13.3.